The highest BCUT2D eigenvalue weighted by Crippen LogP contribution is 2.39. The Bertz CT molecular complexity index is 1050. The lowest BCUT2D eigenvalue weighted by atomic mass is 9.94. The van der Waals surface area contributed by atoms with E-state index >= 15 is 0 Å². The topological polar surface area (TPSA) is 86.3 Å². The second kappa shape index (κ2) is 8.13. The van der Waals surface area contributed by atoms with Gasteiger partial charge in [0.2, 0.25) is 6.79 Å². The average Bonchev–Trinajstić information content (AvgIpc) is 3.21. The third-order valence-corrected chi connectivity index (χ3v) is 4.94. The van der Waals surface area contributed by atoms with Crippen molar-refractivity contribution < 1.29 is 37.3 Å². The van der Waals surface area contributed by atoms with E-state index in [1.165, 1.54) is 36.3 Å². The SMILES string of the molecule is COC(=O)C1=C(C)N(c2ccc3c(c2)OCO3)C(=O)NC1c1ccc(OC(F)F)cc1. The predicted octanol–water partition coefficient (Wildman–Crippen LogP) is 3.73. The fraction of sp³-hybridized carbons (Fsp3) is 0.238. The first-order valence-electron chi connectivity index (χ1n) is 9.23. The fourth-order valence-corrected chi connectivity index (χ4v) is 3.54. The van der Waals surface area contributed by atoms with Crippen molar-refractivity contribution >= 4 is 17.7 Å². The van der Waals surface area contributed by atoms with Crippen LogP contribution in [0.5, 0.6) is 17.2 Å². The minimum Gasteiger partial charge on any atom is -0.466 e. The van der Waals surface area contributed by atoms with Crippen molar-refractivity contribution in [2.24, 2.45) is 0 Å². The van der Waals surface area contributed by atoms with E-state index < -0.39 is 24.7 Å². The molecule has 0 aliphatic carbocycles. The van der Waals surface area contributed by atoms with Crippen molar-refractivity contribution in [3.63, 3.8) is 0 Å². The van der Waals surface area contributed by atoms with Crippen LogP contribution in [0.15, 0.2) is 53.7 Å². The van der Waals surface area contributed by atoms with Crippen LogP contribution >= 0.6 is 0 Å². The van der Waals surface area contributed by atoms with E-state index in [-0.39, 0.29) is 18.1 Å². The Labute approximate surface area is 175 Å². The van der Waals surface area contributed by atoms with Gasteiger partial charge in [-0.2, -0.15) is 8.78 Å². The summed E-state index contributed by atoms with van der Waals surface area (Å²) in [5, 5.41) is 2.77. The van der Waals surface area contributed by atoms with Gasteiger partial charge in [0, 0.05) is 11.8 Å². The zero-order chi connectivity index (χ0) is 22.1. The first-order chi connectivity index (χ1) is 14.9. The van der Waals surface area contributed by atoms with Crippen LogP contribution < -0.4 is 24.4 Å². The molecule has 10 heteroatoms. The molecule has 31 heavy (non-hydrogen) atoms. The van der Waals surface area contributed by atoms with Crippen LogP contribution in [0.1, 0.15) is 18.5 Å². The Kier molecular flexibility index (Phi) is 5.37. The van der Waals surface area contributed by atoms with Gasteiger partial charge in [0.15, 0.2) is 11.5 Å². The first kappa shape index (κ1) is 20.5. The van der Waals surface area contributed by atoms with Gasteiger partial charge in [-0.25, -0.2) is 9.59 Å². The number of anilines is 1. The van der Waals surface area contributed by atoms with Gasteiger partial charge < -0.3 is 24.3 Å². The monoisotopic (exact) mass is 432 g/mol. The summed E-state index contributed by atoms with van der Waals surface area (Å²) in [5.74, 6) is 0.360. The minimum atomic E-state index is -2.96. The Hall–Kier alpha value is -3.82. The molecule has 0 fully saturated rings. The smallest absolute Gasteiger partial charge is 0.387 e. The summed E-state index contributed by atoms with van der Waals surface area (Å²) in [5.41, 5.74) is 1.52. The van der Waals surface area contributed by atoms with E-state index in [2.05, 4.69) is 10.1 Å². The Morgan fingerprint density at radius 3 is 2.55 bits per heavy atom. The Morgan fingerprint density at radius 2 is 1.87 bits per heavy atom. The Morgan fingerprint density at radius 1 is 1.16 bits per heavy atom. The number of nitrogens with zero attached hydrogens (tertiary/aromatic N) is 1. The quantitative estimate of drug-likeness (QED) is 0.725. The lowest BCUT2D eigenvalue weighted by Crippen LogP contribution is -2.48. The molecule has 0 bridgehead atoms. The largest absolute Gasteiger partial charge is 0.466 e. The number of urea groups is 1. The number of carbonyl (C=O) groups is 2. The lowest BCUT2D eigenvalue weighted by molar-refractivity contribution is -0.136. The summed E-state index contributed by atoms with van der Waals surface area (Å²) in [6.45, 7) is -1.25. The maximum atomic E-state index is 13.0. The molecule has 0 radical (unpaired) electrons. The second-order valence-electron chi connectivity index (χ2n) is 6.69. The highest BCUT2D eigenvalue weighted by Gasteiger charge is 2.37. The molecule has 0 spiro atoms. The van der Waals surface area contributed by atoms with Gasteiger partial charge in [-0.3, -0.25) is 4.90 Å². The van der Waals surface area contributed by atoms with Crippen LogP contribution in [0.3, 0.4) is 0 Å². The van der Waals surface area contributed by atoms with E-state index in [4.69, 9.17) is 14.2 Å². The molecular weight excluding hydrogens is 414 g/mol. The number of hydrogen-bond donors (Lipinski definition) is 1. The van der Waals surface area contributed by atoms with Crippen LogP contribution in [0.4, 0.5) is 19.3 Å². The second-order valence-corrected chi connectivity index (χ2v) is 6.69. The third kappa shape index (κ3) is 3.83. The number of carbonyl (C=O) groups excluding carboxylic acids is 2. The number of amides is 2. The molecule has 8 nitrogen and oxygen atoms in total. The zero-order valence-corrected chi connectivity index (χ0v) is 16.6. The number of fused-ring (bicyclic) bond motifs is 1. The highest BCUT2D eigenvalue weighted by molar-refractivity contribution is 6.03. The van der Waals surface area contributed by atoms with Crippen LogP contribution in [-0.2, 0) is 9.53 Å². The molecule has 162 valence electrons. The van der Waals surface area contributed by atoms with Gasteiger partial charge >= 0.3 is 18.6 Å². The number of alkyl halides is 2. The molecule has 1 atom stereocenters. The maximum Gasteiger partial charge on any atom is 0.387 e. The first-order valence-corrected chi connectivity index (χ1v) is 9.23. The van der Waals surface area contributed by atoms with Gasteiger partial charge in [-0.05, 0) is 36.8 Å². The number of hydrogen-bond acceptors (Lipinski definition) is 6. The standard InChI is InChI=1S/C21H18F2N2O6/c1-11-17(19(26)28-2)18(12-3-6-14(7-4-12)31-20(22)23)24-21(27)25(11)13-5-8-15-16(9-13)30-10-29-15/h3-9,18,20H,10H2,1-2H3,(H,24,27). The summed E-state index contributed by atoms with van der Waals surface area (Å²) >= 11 is 0. The van der Waals surface area contributed by atoms with Crippen molar-refractivity contribution in [1.29, 1.82) is 0 Å². The van der Waals surface area contributed by atoms with Crippen LogP contribution in [0.25, 0.3) is 0 Å². The number of benzene rings is 2. The van der Waals surface area contributed by atoms with Gasteiger partial charge in [0.05, 0.1) is 24.4 Å². The molecule has 0 saturated carbocycles. The number of rotatable bonds is 5. The highest BCUT2D eigenvalue weighted by atomic mass is 19.3. The van der Waals surface area contributed by atoms with Crippen LogP contribution in [0.2, 0.25) is 0 Å². The number of halogens is 2. The van der Waals surface area contributed by atoms with E-state index in [1.54, 1.807) is 25.1 Å². The van der Waals surface area contributed by atoms with Crippen LogP contribution in [0, 0.1) is 0 Å². The summed E-state index contributed by atoms with van der Waals surface area (Å²) in [4.78, 5) is 26.9. The fourth-order valence-electron chi connectivity index (χ4n) is 3.54. The summed E-state index contributed by atoms with van der Waals surface area (Å²) in [6, 6.07) is 9.31. The summed E-state index contributed by atoms with van der Waals surface area (Å²) < 4.78 is 44.8. The number of allylic oxidation sites excluding steroid dienone is 1. The van der Waals surface area contributed by atoms with Gasteiger partial charge in [-0.15, -0.1) is 0 Å². The zero-order valence-electron chi connectivity index (χ0n) is 16.6. The molecule has 1 N–H and O–H groups in total. The van der Waals surface area contributed by atoms with Crippen molar-refractivity contribution in [3.05, 3.63) is 59.3 Å². The van der Waals surface area contributed by atoms with Crippen LogP contribution in [-0.4, -0.2) is 32.5 Å². The number of ether oxygens (including phenoxy) is 4. The lowest BCUT2D eigenvalue weighted by Gasteiger charge is -2.35. The van der Waals surface area contributed by atoms with E-state index in [9.17, 15) is 18.4 Å². The van der Waals surface area contributed by atoms with Crippen molar-refractivity contribution in [1.82, 2.24) is 5.32 Å². The molecule has 2 amide bonds. The molecule has 2 aliphatic heterocycles. The van der Waals surface area contributed by atoms with Crippen molar-refractivity contribution in [2.45, 2.75) is 19.6 Å². The normalized spacial score (nSPS) is 17.6. The number of esters is 1. The number of methoxy groups -OCH3 is 1. The van der Waals surface area contributed by atoms with Crippen molar-refractivity contribution in [2.75, 3.05) is 18.8 Å². The van der Waals surface area contributed by atoms with Gasteiger partial charge in [0.25, 0.3) is 0 Å². The molecule has 2 heterocycles. The van der Waals surface area contributed by atoms with Crippen molar-refractivity contribution in [3.8, 4) is 17.2 Å². The summed E-state index contributed by atoms with van der Waals surface area (Å²) in [6.07, 6.45) is 0. The molecule has 1 unspecified atom stereocenters. The molecular formula is C21H18F2N2O6. The molecule has 2 aromatic rings. The molecule has 0 aromatic heterocycles. The maximum absolute atomic E-state index is 13.0. The molecule has 2 aliphatic rings. The van der Waals surface area contributed by atoms with E-state index in [0.717, 1.165) is 0 Å². The Balaban J connectivity index is 1.73. The van der Waals surface area contributed by atoms with E-state index in [0.29, 0.717) is 28.4 Å². The average molecular weight is 432 g/mol. The van der Waals surface area contributed by atoms with Gasteiger partial charge in [-0.1, -0.05) is 12.1 Å². The molecule has 4 rings (SSSR count). The molecule has 2 aromatic carbocycles. The molecule has 0 saturated heterocycles. The minimum absolute atomic E-state index is 0.0387. The third-order valence-electron chi connectivity index (χ3n) is 4.94. The summed E-state index contributed by atoms with van der Waals surface area (Å²) in [7, 11) is 1.24. The van der Waals surface area contributed by atoms with Gasteiger partial charge in [0.1, 0.15) is 5.75 Å². The van der Waals surface area contributed by atoms with E-state index in [1.807, 2.05) is 0 Å². The number of nitrogens with one attached hydrogen (secondary N) is 1. The predicted molar refractivity (Wildman–Crippen MR) is 104 cm³/mol.